The zero-order chi connectivity index (χ0) is 7.82. The van der Waals surface area contributed by atoms with Crippen molar-refractivity contribution in [2.24, 2.45) is 10.8 Å². The fraction of sp³-hybridized carbons (Fsp3) is 0.667. The molecule has 4 heteroatoms. The van der Waals surface area contributed by atoms with E-state index in [-0.39, 0.29) is 0 Å². The van der Waals surface area contributed by atoms with Crippen LogP contribution >= 0.6 is 12.2 Å². The van der Waals surface area contributed by atoms with Gasteiger partial charge in [0.15, 0.2) is 0 Å². The number of hydrogen-bond donors (Lipinski definition) is 2. The molecule has 0 saturated carbocycles. The second-order valence-corrected chi connectivity index (χ2v) is 2.29. The maximum atomic E-state index is 4.98. The van der Waals surface area contributed by atoms with Crippen LogP contribution in [0.5, 0.6) is 0 Å². The van der Waals surface area contributed by atoms with Crippen molar-refractivity contribution in [3.8, 4) is 0 Å². The molecule has 0 atom stereocenters. The van der Waals surface area contributed by atoms with Crippen molar-refractivity contribution in [2.45, 2.75) is 26.2 Å². The average Bonchev–Trinajstić information content (AvgIpc) is 1.98. The minimum absolute atomic E-state index is 0.344. The van der Waals surface area contributed by atoms with Crippen molar-refractivity contribution in [1.29, 1.82) is 0 Å². The van der Waals surface area contributed by atoms with Crippen LogP contribution < -0.4 is 11.3 Å². The first kappa shape index (κ1) is 9.52. The van der Waals surface area contributed by atoms with Crippen molar-refractivity contribution in [1.82, 2.24) is 5.43 Å². The van der Waals surface area contributed by atoms with Crippen LogP contribution in [-0.4, -0.2) is 11.3 Å². The monoisotopic (exact) mass is 159 g/mol. The van der Waals surface area contributed by atoms with E-state index in [1.54, 1.807) is 6.21 Å². The summed E-state index contributed by atoms with van der Waals surface area (Å²) in [6.45, 7) is 2.13. The molecule has 0 aromatic heterocycles. The molecule has 0 aliphatic rings. The molecule has 0 bridgehead atoms. The van der Waals surface area contributed by atoms with Gasteiger partial charge in [-0.2, -0.15) is 0 Å². The summed E-state index contributed by atoms with van der Waals surface area (Å²) in [5, 5.41) is 0.344. The summed E-state index contributed by atoms with van der Waals surface area (Å²) in [6.07, 6.45) is 5.08. The van der Waals surface area contributed by atoms with Gasteiger partial charge in [0.2, 0.25) is 5.11 Å². The standard InChI is InChI=1S/C6H13N3S/c1-2-3-4-5-8-6(10)9-7/h5H,2-4,7H2,1H3,(H,9,10)/b8-5+. The normalized spacial score (nSPS) is 10.2. The molecule has 58 valence electrons. The van der Waals surface area contributed by atoms with E-state index in [1.165, 1.54) is 6.42 Å². The first-order valence-corrected chi connectivity index (χ1v) is 3.75. The van der Waals surface area contributed by atoms with Gasteiger partial charge in [0, 0.05) is 6.21 Å². The van der Waals surface area contributed by atoms with Crippen molar-refractivity contribution in [2.75, 3.05) is 0 Å². The van der Waals surface area contributed by atoms with Crippen LogP contribution in [0, 0.1) is 0 Å². The van der Waals surface area contributed by atoms with Crippen LogP contribution in [0.2, 0.25) is 0 Å². The molecule has 0 fully saturated rings. The molecule has 0 heterocycles. The minimum Gasteiger partial charge on any atom is -0.299 e. The zero-order valence-corrected chi connectivity index (χ0v) is 6.95. The summed E-state index contributed by atoms with van der Waals surface area (Å²) < 4.78 is 0. The van der Waals surface area contributed by atoms with Gasteiger partial charge in [0.25, 0.3) is 0 Å². The third kappa shape index (κ3) is 5.65. The molecule has 0 aliphatic heterocycles. The molecule has 0 spiro atoms. The average molecular weight is 159 g/mol. The molecule has 0 rings (SSSR count). The predicted molar refractivity (Wildman–Crippen MR) is 47.9 cm³/mol. The Kier molecular flexibility index (Phi) is 6.32. The Labute approximate surface area is 66.7 Å². The Morgan fingerprint density at radius 1 is 1.80 bits per heavy atom. The van der Waals surface area contributed by atoms with E-state index in [4.69, 9.17) is 5.84 Å². The van der Waals surface area contributed by atoms with Crippen LogP contribution in [-0.2, 0) is 0 Å². The molecule has 0 amide bonds. The van der Waals surface area contributed by atoms with Crippen molar-refractivity contribution in [3.63, 3.8) is 0 Å². The van der Waals surface area contributed by atoms with E-state index in [9.17, 15) is 0 Å². The summed E-state index contributed by atoms with van der Waals surface area (Å²) in [7, 11) is 0. The number of unbranched alkanes of at least 4 members (excludes halogenated alkanes) is 2. The van der Waals surface area contributed by atoms with Gasteiger partial charge in [-0.15, -0.1) is 0 Å². The molecule has 0 radical (unpaired) electrons. The van der Waals surface area contributed by atoms with Gasteiger partial charge in [-0.3, -0.25) is 5.43 Å². The van der Waals surface area contributed by atoms with Crippen LogP contribution in [0.1, 0.15) is 26.2 Å². The topological polar surface area (TPSA) is 50.4 Å². The summed E-state index contributed by atoms with van der Waals surface area (Å²) in [5.41, 5.74) is 2.28. The molecular formula is C6H13N3S. The maximum absolute atomic E-state index is 4.98. The first-order valence-electron chi connectivity index (χ1n) is 3.34. The Morgan fingerprint density at radius 2 is 2.50 bits per heavy atom. The van der Waals surface area contributed by atoms with Gasteiger partial charge in [-0.25, -0.2) is 10.8 Å². The van der Waals surface area contributed by atoms with Crippen LogP contribution in [0.15, 0.2) is 4.99 Å². The SMILES string of the molecule is CCCC/C=N/C(=S)NN. The minimum atomic E-state index is 0.344. The third-order valence-electron chi connectivity index (χ3n) is 1.02. The molecule has 0 aromatic carbocycles. The van der Waals surface area contributed by atoms with Gasteiger partial charge in [-0.05, 0) is 25.1 Å². The lowest BCUT2D eigenvalue weighted by molar-refractivity contribution is 0.842. The van der Waals surface area contributed by atoms with Gasteiger partial charge in [0.1, 0.15) is 0 Å². The largest absolute Gasteiger partial charge is 0.299 e. The summed E-state index contributed by atoms with van der Waals surface area (Å²) in [6, 6.07) is 0. The lowest BCUT2D eigenvalue weighted by Crippen LogP contribution is -2.26. The molecular weight excluding hydrogens is 146 g/mol. The number of nitrogens with zero attached hydrogens (tertiary/aromatic N) is 1. The Bertz CT molecular complexity index is 122. The highest BCUT2D eigenvalue weighted by Gasteiger charge is 1.82. The van der Waals surface area contributed by atoms with Gasteiger partial charge >= 0.3 is 0 Å². The van der Waals surface area contributed by atoms with E-state index in [0.717, 1.165) is 12.8 Å². The molecule has 0 aliphatic carbocycles. The Hall–Kier alpha value is -0.480. The number of hydrogen-bond acceptors (Lipinski definition) is 2. The Balaban J connectivity index is 3.27. The molecule has 3 nitrogen and oxygen atoms in total. The number of rotatable bonds is 3. The number of hydrazine groups is 1. The van der Waals surface area contributed by atoms with Crippen molar-refractivity contribution in [3.05, 3.63) is 0 Å². The lowest BCUT2D eigenvalue weighted by atomic mass is 10.3. The molecule has 0 unspecified atom stereocenters. The highest BCUT2D eigenvalue weighted by atomic mass is 32.1. The quantitative estimate of drug-likeness (QED) is 0.212. The first-order chi connectivity index (χ1) is 4.81. The third-order valence-corrected chi connectivity index (χ3v) is 1.24. The molecule has 10 heavy (non-hydrogen) atoms. The zero-order valence-electron chi connectivity index (χ0n) is 6.13. The lowest BCUT2D eigenvalue weighted by Gasteiger charge is -1.92. The maximum Gasteiger partial charge on any atom is 0.206 e. The van der Waals surface area contributed by atoms with Gasteiger partial charge < -0.3 is 0 Å². The number of nitrogens with two attached hydrogens (primary N) is 1. The Morgan fingerprint density at radius 3 is 3.00 bits per heavy atom. The number of nitrogens with one attached hydrogen (secondary N) is 1. The smallest absolute Gasteiger partial charge is 0.206 e. The number of thiocarbonyl (C=S) groups is 1. The van der Waals surface area contributed by atoms with E-state index >= 15 is 0 Å². The highest BCUT2D eigenvalue weighted by molar-refractivity contribution is 7.80. The van der Waals surface area contributed by atoms with Crippen LogP contribution in [0.25, 0.3) is 0 Å². The van der Waals surface area contributed by atoms with Gasteiger partial charge in [-0.1, -0.05) is 13.3 Å². The van der Waals surface area contributed by atoms with E-state index < -0.39 is 0 Å². The van der Waals surface area contributed by atoms with E-state index in [2.05, 4.69) is 29.6 Å². The summed E-state index contributed by atoms with van der Waals surface area (Å²) in [4.78, 5) is 3.85. The summed E-state index contributed by atoms with van der Waals surface area (Å²) >= 11 is 4.67. The fourth-order valence-electron chi connectivity index (χ4n) is 0.480. The van der Waals surface area contributed by atoms with Crippen LogP contribution in [0.4, 0.5) is 0 Å². The van der Waals surface area contributed by atoms with E-state index in [1.807, 2.05) is 0 Å². The molecule has 0 saturated heterocycles. The van der Waals surface area contributed by atoms with Crippen LogP contribution in [0.3, 0.4) is 0 Å². The van der Waals surface area contributed by atoms with Crippen molar-refractivity contribution < 1.29 is 0 Å². The fourth-order valence-corrected chi connectivity index (χ4v) is 0.555. The second-order valence-electron chi connectivity index (χ2n) is 1.90. The predicted octanol–water partition coefficient (Wildman–Crippen LogP) is 0.996. The summed E-state index contributed by atoms with van der Waals surface area (Å²) in [5.74, 6) is 4.98. The molecule has 0 aromatic rings. The highest BCUT2D eigenvalue weighted by Crippen LogP contribution is 1.89. The van der Waals surface area contributed by atoms with E-state index in [0.29, 0.717) is 5.11 Å². The van der Waals surface area contributed by atoms with Crippen molar-refractivity contribution >= 4 is 23.5 Å². The number of aliphatic imine (C=N–C) groups is 1. The molecule has 3 N–H and O–H groups in total. The van der Waals surface area contributed by atoms with Gasteiger partial charge in [0.05, 0.1) is 0 Å². The second kappa shape index (κ2) is 6.64.